The van der Waals surface area contributed by atoms with E-state index in [1.54, 1.807) is 0 Å². The standard InChI is InChI=1S/C11H18O3/c12-10-6-2-1-3-8-11(13)14-9-5-4-7-10/h1-9H2. The zero-order valence-corrected chi connectivity index (χ0v) is 8.59. The van der Waals surface area contributed by atoms with Crippen molar-refractivity contribution in [3.8, 4) is 0 Å². The van der Waals surface area contributed by atoms with E-state index >= 15 is 0 Å². The Morgan fingerprint density at radius 1 is 0.786 bits per heavy atom. The van der Waals surface area contributed by atoms with E-state index in [9.17, 15) is 9.59 Å². The van der Waals surface area contributed by atoms with Crippen LogP contribution in [-0.4, -0.2) is 18.4 Å². The van der Waals surface area contributed by atoms with Gasteiger partial charge in [0.25, 0.3) is 0 Å². The summed E-state index contributed by atoms with van der Waals surface area (Å²) in [6, 6.07) is 0. The molecule has 0 atom stereocenters. The number of Topliss-reactive ketones (excluding diaryl/α,β-unsaturated/α-hetero) is 1. The Labute approximate surface area is 84.8 Å². The molecule has 1 aliphatic heterocycles. The lowest BCUT2D eigenvalue weighted by Crippen LogP contribution is -2.07. The molecule has 0 aromatic rings. The molecule has 1 fully saturated rings. The van der Waals surface area contributed by atoms with Gasteiger partial charge in [-0.3, -0.25) is 9.59 Å². The number of rotatable bonds is 0. The highest BCUT2D eigenvalue weighted by Gasteiger charge is 2.06. The molecule has 1 heterocycles. The lowest BCUT2D eigenvalue weighted by Gasteiger charge is -2.06. The number of cyclic esters (lactones) is 1. The molecule has 0 spiro atoms. The molecule has 0 amide bonds. The fourth-order valence-electron chi connectivity index (χ4n) is 1.58. The van der Waals surface area contributed by atoms with Crippen LogP contribution < -0.4 is 0 Å². The van der Waals surface area contributed by atoms with Crippen molar-refractivity contribution in [3.63, 3.8) is 0 Å². The van der Waals surface area contributed by atoms with Gasteiger partial charge in [0.15, 0.2) is 0 Å². The molecule has 0 radical (unpaired) electrons. The normalized spacial score (nSPS) is 22.0. The average molecular weight is 198 g/mol. The molecule has 0 bridgehead atoms. The number of ketones is 1. The molecular weight excluding hydrogens is 180 g/mol. The number of esters is 1. The van der Waals surface area contributed by atoms with Crippen LogP contribution >= 0.6 is 0 Å². The van der Waals surface area contributed by atoms with E-state index in [0.29, 0.717) is 31.7 Å². The molecule has 3 nitrogen and oxygen atoms in total. The smallest absolute Gasteiger partial charge is 0.305 e. The van der Waals surface area contributed by atoms with Crippen molar-refractivity contribution in [3.05, 3.63) is 0 Å². The van der Waals surface area contributed by atoms with Gasteiger partial charge < -0.3 is 4.74 Å². The van der Waals surface area contributed by atoms with Crippen molar-refractivity contribution in [1.29, 1.82) is 0 Å². The summed E-state index contributed by atoms with van der Waals surface area (Å²) < 4.78 is 5.00. The van der Waals surface area contributed by atoms with Crippen molar-refractivity contribution in [2.24, 2.45) is 0 Å². The molecule has 0 saturated carbocycles. The van der Waals surface area contributed by atoms with Gasteiger partial charge in [0, 0.05) is 19.3 Å². The van der Waals surface area contributed by atoms with E-state index < -0.39 is 0 Å². The van der Waals surface area contributed by atoms with E-state index in [1.165, 1.54) is 0 Å². The molecule has 1 rings (SSSR count). The maximum Gasteiger partial charge on any atom is 0.305 e. The summed E-state index contributed by atoms with van der Waals surface area (Å²) in [6.07, 6.45) is 6.25. The van der Waals surface area contributed by atoms with Crippen LogP contribution in [0.1, 0.15) is 51.4 Å². The van der Waals surface area contributed by atoms with Gasteiger partial charge in [-0.15, -0.1) is 0 Å². The summed E-state index contributed by atoms with van der Waals surface area (Å²) in [7, 11) is 0. The van der Waals surface area contributed by atoms with Gasteiger partial charge in [-0.1, -0.05) is 6.42 Å². The molecule has 1 aliphatic rings. The van der Waals surface area contributed by atoms with Crippen LogP contribution in [0.25, 0.3) is 0 Å². The van der Waals surface area contributed by atoms with Crippen LogP contribution in [0, 0.1) is 0 Å². The summed E-state index contributed by atoms with van der Waals surface area (Å²) in [5.74, 6) is 0.272. The number of carbonyl (C=O) groups is 2. The third-order valence-corrected chi connectivity index (χ3v) is 2.45. The third kappa shape index (κ3) is 5.00. The molecule has 0 unspecified atom stereocenters. The molecule has 0 aromatic carbocycles. The largest absolute Gasteiger partial charge is 0.466 e. The zero-order chi connectivity index (χ0) is 10.2. The quantitative estimate of drug-likeness (QED) is 0.560. The maximum atomic E-state index is 11.3. The first-order valence-electron chi connectivity index (χ1n) is 5.46. The second kappa shape index (κ2) is 6.57. The predicted octanol–water partition coefficient (Wildman–Crippen LogP) is 2.23. The molecule has 0 N–H and O–H groups in total. The van der Waals surface area contributed by atoms with Crippen molar-refractivity contribution in [2.45, 2.75) is 51.4 Å². The Balaban J connectivity index is 2.26. The molecule has 0 aromatic heterocycles. The average Bonchev–Trinajstić information content (AvgIpc) is 2.14. The number of ether oxygens (including phenoxy) is 1. The van der Waals surface area contributed by atoms with Crippen molar-refractivity contribution in [1.82, 2.24) is 0 Å². The lowest BCUT2D eigenvalue weighted by molar-refractivity contribution is -0.143. The number of hydrogen-bond acceptors (Lipinski definition) is 3. The van der Waals surface area contributed by atoms with Crippen molar-refractivity contribution < 1.29 is 14.3 Å². The first-order valence-corrected chi connectivity index (χ1v) is 5.46. The van der Waals surface area contributed by atoms with Crippen LogP contribution in [0.3, 0.4) is 0 Å². The monoisotopic (exact) mass is 198 g/mol. The fourth-order valence-corrected chi connectivity index (χ4v) is 1.58. The molecule has 3 heteroatoms. The minimum Gasteiger partial charge on any atom is -0.466 e. The van der Waals surface area contributed by atoms with Crippen LogP contribution in [0.5, 0.6) is 0 Å². The van der Waals surface area contributed by atoms with Gasteiger partial charge in [-0.05, 0) is 25.7 Å². The molecule has 14 heavy (non-hydrogen) atoms. The first kappa shape index (κ1) is 11.2. The lowest BCUT2D eigenvalue weighted by atomic mass is 10.1. The Hall–Kier alpha value is -0.860. The van der Waals surface area contributed by atoms with Crippen LogP contribution in [-0.2, 0) is 14.3 Å². The van der Waals surface area contributed by atoms with E-state index in [4.69, 9.17) is 4.74 Å². The van der Waals surface area contributed by atoms with Crippen LogP contribution in [0.4, 0.5) is 0 Å². The first-order chi connectivity index (χ1) is 6.79. The highest BCUT2D eigenvalue weighted by molar-refractivity contribution is 5.78. The van der Waals surface area contributed by atoms with Gasteiger partial charge in [-0.2, -0.15) is 0 Å². The van der Waals surface area contributed by atoms with Crippen LogP contribution in [0.2, 0.25) is 0 Å². The highest BCUT2D eigenvalue weighted by Crippen LogP contribution is 2.09. The fraction of sp³-hybridized carbons (Fsp3) is 0.818. The minimum absolute atomic E-state index is 0.0862. The summed E-state index contributed by atoms with van der Waals surface area (Å²) in [6.45, 7) is 0.478. The van der Waals surface area contributed by atoms with E-state index in [-0.39, 0.29) is 5.97 Å². The Kier molecular flexibility index (Phi) is 5.27. The number of carbonyl (C=O) groups excluding carboxylic acids is 2. The van der Waals surface area contributed by atoms with E-state index in [0.717, 1.165) is 32.1 Å². The van der Waals surface area contributed by atoms with Crippen molar-refractivity contribution in [2.75, 3.05) is 6.61 Å². The highest BCUT2D eigenvalue weighted by atomic mass is 16.5. The van der Waals surface area contributed by atoms with Crippen molar-refractivity contribution >= 4 is 11.8 Å². The topological polar surface area (TPSA) is 43.4 Å². The SMILES string of the molecule is O=C1CCCCCC(=O)OCCCC1. The summed E-state index contributed by atoms with van der Waals surface area (Å²) in [5, 5.41) is 0. The van der Waals surface area contributed by atoms with Gasteiger partial charge in [0.1, 0.15) is 5.78 Å². The summed E-state index contributed by atoms with van der Waals surface area (Å²) in [5.41, 5.74) is 0. The summed E-state index contributed by atoms with van der Waals surface area (Å²) >= 11 is 0. The Morgan fingerprint density at radius 3 is 2.21 bits per heavy atom. The Bertz CT molecular complexity index is 161. The predicted molar refractivity (Wildman–Crippen MR) is 52.9 cm³/mol. The third-order valence-electron chi connectivity index (χ3n) is 2.45. The minimum atomic E-state index is -0.0862. The Morgan fingerprint density at radius 2 is 1.43 bits per heavy atom. The molecule has 80 valence electrons. The van der Waals surface area contributed by atoms with Gasteiger partial charge in [0.05, 0.1) is 6.61 Å². The zero-order valence-electron chi connectivity index (χ0n) is 8.59. The summed E-state index contributed by atoms with van der Waals surface area (Å²) in [4.78, 5) is 22.3. The second-order valence-corrected chi connectivity index (χ2v) is 3.78. The number of hydrogen-bond donors (Lipinski definition) is 0. The molecule has 0 aliphatic carbocycles. The second-order valence-electron chi connectivity index (χ2n) is 3.78. The molecule has 1 saturated heterocycles. The van der Waals surface area contributed by atoms with E-state index in [1.807, 2.05) is 0 Å². The maximum absolute atomic E-state index is 11.3. The molecular formula is C11H18O3. The van der Waals surface area contributed by atoms with Gasteiger partial charge in [-0.25, -0.2) is 0 Å². The van der Waals surface area contributed by atoms with Crippen LogP contribution in [0.15, 0.2) is 0 Å². The van der Waals surface area contributed by atoms with Gasteiger partial charge >= 0.3 is 5.97 Å². The van der Waals surface area contributed by atoms with E-state index in [2.05, 4.69) is 0 Å². The van der Waals surface area contributed by atoms with Gasteiger partial charge in [0.2, 0.25) is 0 Å².